The van der Waals surface area contributed by atoms with Gasteiger partial charge in [-0.05, 0) is 124 Å². The molecule has 7 aromatic rings. The van der Waals surface area contributed by atoms with Crippen molar-refractivity contribution in [2.45, 2.75) is 117 Å². The molecule has 0 aromatic heterocycles. The molecule has 0 unspecified atom stereocenters. The number of rotatable bonds is 5. The van der Waals surface area contributed by atoms with Crippen LogP contribution in [0, 0.1) is 0 Å². The van der Waals surface area contributed by atoms with Crippen LogP contribution >= 0.6 is 0 Å². The molecule has 1 nitrogen and oxygen atoms in total. The molecular formula is C60H63N. The number of hydrogen-bond acceptors (Lipinski definition) is 1. The van der Waals surface area contributed by atoms with Crippen molar-refractivity contribution in [1.29, 1.82) is 0 Å². The molecule has 0 bridgehead atoms. The molecule has 0 amide bonds. The maximum absolute atomic E-state index is 2.58. The second-order valence-electron chi connectivity index (χ2n) is 22.0. The van der Waals surface area contributed by atoms with Crippen LogP contribution in [-0.4, -0.2) is 0 Å². The SMILES string of the molecule is CC(C)(C)c1ccc(-c2cc(C(C)(C)C)ccc2-c2ccc(C(C)(C)C)cc2N(c2ccc3c(c2)C(C)(C)c2ccccc2-3)c2ccc3c(c2)C(C)(C)c2ccccc2-3)cc1. The Hall–Kier alpha value is -5.66. The molecule has 0 spiro atoms. The van der Waals surface area contributed by atoms with Crippen molar-refractivity contribution in [2.75, 3.05) is 4.90 Å². The van der Waals surface area contributed by atoms with Crippen molar-refractivity contribution in [1.82, 2.24) is 0 Å². The van der Waals surface area contributed by atoms with E-state index < -0.39 is 0 Å². The summed E-state index contributed by atoms with van der Waals surface area (Å²) in [7, 11) is 0. The van der Waals surface area contributed by atoms with Gasteiger partial charge < -0.3 is 4.90 Å². The second kappa shape index (κ2) is 13.9. The summed E-state index contributed by atoms with van der Waals surface area (Å²) in [6.07, 6.45) is 0. The Bertz CT molecular complexity index is 2730. The molecule has 7 aromatic carbocycles. The second-order valence-corrected chi connectivity index (χ2v) is 22.0. The minimum Gasteiger partial charge on any atom is -0.310 e. The van der Waals surface area contributed by atoms with Gasteiger partial charge in [-0.3, -0.25) is 0 Å². The van der Waals surface area contributed by atoms with Gasteiger partial charge in [0, 0.05) is 27.8 Å². The summed E-state index contributed by atoms with van der Waals surface area (Å²) in [4.78, 5) is 2.58. The van der Waals surface area contributed by atoms with Gasteiger partial charge in [-0.2, -0.15) is 0 Å². The predicted octanol–water partition coefficient (Wildman–Crippen LogP) is 17.0. The van der Waals surface area contributed by atoms with Gasteiger partial charge in [0.2, 0.25) is 0 Å². The summed E-state index contributed by atoms with van der Waals surface area (Å²) in [5.41, 5.74) is 23.0. The van der Waals surface area contributed by atoms with E-state index in [2.05, 4.69) is 241 Å². The lowest BCUT2D eigenvalue weighted by molar-refractivity contribution is 0.589. The highest BCUT2D eigenvalue weighted by Gasteiger charge is 2.38. The van der Waals surface area contributed by atoms with Crippen molar-refractivity contribution < 1.29 is 0 Å². The van der Waals surface area contributed by atoms with Crippen molar-refractivity contribution in [3.63, 3.8) is 0 Å². The monoisotopic (exact) mass is 797 g/mol. The standard InChI is InChI=1S/C60H63N/c1-56(2,3)39-24-22-38(23-25-39)50-34-40(57(4,5)6)26-30-44(50)49-31-27-41(58(7,8)9)35-55(49)61(42-28-32-47-45-18-14-16-20-51(45)59(10,11)53(47)36-42)43-29-33-48-46-19-15-17-21-52(46)60(12,13)54(48)37-43/h14-37H,1-13H3. The molecule has 2 aliphatic carbocycles. The number of fused-ring (bicyclic) bond motifs is 6. The van der Waals surface area contributed by atoms with Gasteiger partial charge >= 0.3 is 0 Å². The van der Waals surface area contributed by atoms with Crippen LogP contribution in [-0.2, 0) is 27.1 Å². The van der Waals surface area contributed by atoms with Crippen molar-refractivity contribution in [3.8, 4) is 44.5 Å². The highest BCUT2D eigenvalue weighted by Crippen LogP contribution is 2.54. The maximum atomic E-state index is 2.58. The Labute approximate surface area is 366 Å². The molecule has 1 heteroatoms. The van der Waals surface area contributed by atoms with Gasteiger partial charge in [0.05, 0.1) is 5.69 Å². The fraction of sp³-hybridized carbons (Fsp3) is 0.300. The average Bonchev–Trinajstić information content (AvgIpc) is 3.59. The summed E-state index contributed by atoms with van der Waals surface area (Å²) in [5, 5.41) is 0. The van der Waals surface area contributed by atoms with Crippen LogP contribution in [0.2, 0.25) is 0 Å². The molecule has 0 saturated heterocycles. The van der Waals surface area contributed by atoms with E-state index in [-0.39, 0.29) is 27.1 Å². The van der Waals surface area contributed by atoms with Crippen molar-refractivity contribution in [2.24, 2.45) is 0 Å². The van der Waals surface area contributed by atoms with Gasteiger partial charge in [0.25, 0.3) is 0 Å². The summed E-state index contributed by atoms with van der Waals surface area (Å²) < 4.78 is 0. The first-order chi connectivity index (χ1) is 28.7. The zero-order valence-electron chi connectivity index (χ0n) is 38.8. The Kier molecular flexibility index (Phi) is 9.30. The summed E-state index contributed by atoms with van der Waals surface area (Å²) >= 11 is 0. The van der Waals surface area contributed by atoms with E-state index in [0.717, 1.165) is 0 Å². The molecule has 0 fully saturated rings. The van der Waals surface area contributed by atoms with E-state index in [9.17, 15) is 0 Å². The molecule has 0 aliphatic heterocycles. The molecule has 0 saturated carbocycles. The molecule has 0 atom stereocenters. The quantitative estimate of drug-likeness (QED) is 0.168. The lowest BCUT2D eigenvalue weighted by atomic mass is 9.80. The smallest absolute Gasteiger partial charge is 0.0543 e. The third-order valence-corrected chi connectivity index (χ3v) is 14.0. The molecule has 2 aliphatic rings. The molecule has 308 valence electrons. The minimum absolute atomic E-state index is 0.00676. The number of nitrogens with zero attached hydrogens (tertiary/aromatic N) is 1. The number of hydrogen-bond donors (Lipinski definition) is 0. The summed E-state index contributed by atoms with van der Waals surface area (Å²) in [5.74, 6) is 0. The van der Waals surface area contributed by atoms with Gasteiger partial charge in [-0.25, -0.2) is 0 Å². The van der Waals surface area contributed by atoms with E-state index >= 15 is 0 Å². The fourth-order valence-electron chi connectivity index (χ4n) is 10.1. The van der Waals surface area contributed by atoms with E-state index in [4.69, 9.17) is 0 Å². The first kappa shape index (κ1) is 40.7. The predicted molar refractivity (Wildman–Crippen MR) is 263 cm³/mol. The van der Waals surface area contributed by atoms with E-state index in [1.165, 1.54) is 101 Å². The van der Waals surface area contributed by atoms with Crippen LogP contribution in [0.5, 0.6) is 0 Å². The van der Waals surface area contributed by atoms with Gasteiger partial charge in [-0.1, -0.05) is 205 Å². The van der Waals surface area contributed by atoms with E-state index in [1.54, 1.807) is 0 Å². The van der Waals surface area contributed by atoms with E-state index in [0.29, 0.717) is 0 Å². The Morgan fingerprint density at radius 1 is 0.328 bits per heavy atom. The van der Waals surface area contributed by atoms with Crippen LogP contribution in [0.25, 0.3) is 44.5 Å². The zero-order valence-corrected chi connectivity index (χ0v) is 38.8. The van der Waals surface area contributed by atoms with Crippen LogP contribution in [0.4, 0.5) is 17.1 Å². The third-order valence-electron chi connectivity index (χ3n) is 14.0. The summed E-state index contributed by atoms with van der Waals surface area (Å²) in [6.45, 7) is 30.4. The topological polar surface area (TPSA) is 3.24 Å². The van der Waals surface area contributed by atoms with Crippen LogP contribution in [0.1, 0.15) is 129 Å². The maximum Gasteiger partial charge on any atom is 0.0543 e. The molecule has 61 heavy (non-hydrogen) atoms. The Morgan fingerprint density at radius 2 is 0.721 bits per heavy atom. The molecule has 9 rings (SSSR count). The van der Waals surface area contributed by atoms with Gasteiger partial charge in [0.1, 0.15) is 0 Å². The average molecular weight is 798 g/mol. The fourth-order valence-corrected chi connectivity index (χ4v) is 10.1. The molecule has 0 radical (unpaired) electrons. The van der Waals surface area contributed by atoms with Crippen LogP contribution < -0.4 is 4.90 Å². The summed E-state index contributed by atoms with van der Waals surface area (Å²) in [6, 6.07) is 56.2. The molecule has 0 heterocycles. The first-order valence-corrected chi connectivity index (χ1v) is 22.3. The molecule has 0 N–H and O–H groups in total. The molecular weight excluding hydrogens is 735 g/mol. The highest BCUT2D eigenvalue weighted by molar-refractivity contribution is 5.96. The largest absolute Gasteiger partial charge is 0.310 e. The van der Waals surface area contributed by atoms with Crippen molar-refractivity contribution >= 4 is 17.1 Å². The normalized spacial score (nSPS) is 14.9. The highest BCUT2D eigenvalue weighted by atomic mass is 15.1. The van der Waals surface area contributed by atoms with Crippen LogP contribution in [0.15, 0.2) is 146 Å². The zero-order chi connectivity index (χ0) is 43.4. The minimum atomic E-state index is -0.138. The number of benzene rings is 7. The lowest BCUT2D eigenvalue weighted by Gasteiger charge is -2.33. The Balaban J connectivity index is 1.34. The number of anilines is 3. The van der Waals surface area contributed by atoms with E-state index in [1.807, 2.05) is 0 Å². The first-order valence-electron chi connectivity index (χ1n) is 22.3. The van der Waals surface area contributed by atoms with Crippen LogP contribution in [0.3, 0.4) is 0 Å². The Morgan fingerprint density at radius 3 is 1.20 bits per heavy atom. The lowest BCUT2D eigenvalue weighted by Crippen LogP contribution is -2.19. The van der Waals surface area contributed by atoms with Gasteiger partial charge in [-0.15, -0.1) is 0 Å². The third kappa shape index (κ3) is 6.77. The van der Waals surface area contributed by atoms with Gasteiger partial charge in [0.15, 0.2) is 0 Å². The van der Waals surface area contributed by atoms with Crippen molar-refractivity contribution in [3.05, 3.63) is 185 Å².